The first kappa shape index (κ1) is 23.1. The second kappa shape index (κ2) is 8.94. The molecule has 180 valence electrons. The van der Waals surface area contributed by atoms with Crippen LogP contribution in [0.1, 0.15) is 32.2 Å². The van der Waals surface area contributed by atoms with E-state index < -0.39 is 0 Å². The summed E-state index contributed by atoms with van der Waals surface area (Å²) >= 11 is 0. The Labute approximate surface area is 217 Å². The van der Waals surface area contributed by atoms with E-state index in [-0.39, 0.29) is 5.41 Å². The standard InChI is InChI=1S/C34H29N3/c1-22-13-15-24(16-14-22)31-35-32(37-33(36-31)34(2,3)4)25-19-17-23(18-20-25)30-21-26-9-5-6-10-27(26)28-11-7-8-12-29(28)30/h5-21H,1-4H3. The van der Waals surface area contributed by atoms with E-state index in [2.05, 4.69) is 131 Å². The minimum atomic E-state index is -0.193. The van der Waals surface area contributed by atoms with Crippen molar-refractivity contribution in [3.8, 4) is 33.9 Å². The van der Waals surface area contributed by atoms with Crippen LogP contribution in [0.15, 0.2) is 103 Å². The van der Waals surface area contributed by atoms with Gasteiger partial charge in [-0.05, 0) is 45.7 Å². The molecule has 1 heterocycles. The molecule has 5 aromatic carbocycles. The van der Waals surface area contributed by atoms with Crippen LogP contribution >= 0.6 is 0 Å². The van der Waals surface area contributed by atoms with E-state index in [1.165, 1.54) is 38.2 Å². The molecule has 3 nitrogen and oxygen atoms in total. The highest BCUT2D eigenvalue weighted by Crippen LogP contribution is 2.35. The first-order valence-electron chi connectivity index (χ1n) is 12.7. The van der Waals surface area contributed by atoms with Crippen molar-refractivity contribution in [1.29, 1.82) is 0 Å². The quantitative estimate of drug-likeness (QED) is 0.238. The van der Waals surface area contributed by atoms with Crippen LogP contribution in [0.3, 0.4) is 0 Å². The second-order valence-electron chi connectivity index (χ2n) is 10.7. The number of aryl methyl sites for hydroxylation is 1. The zero-order valence-corrected chi connectivity index (χ0v) is 21.7. The van der Waals surface area contributed by atoms with Gasteiger partial charge in [0.05, 0.1) is 0 Å². The van der Waals surface area contributed by atoms with E-state index >= 15 is 0 Å². The summed E-state index contributed by atoms with van der Waals surface area (Å²) in [5.41, 5.74) is 5.41. The van der Waals surface area contributed by atoms with Gasteiger partial charge >= 0.3 is 0 Å². The molecule has 0 aliphatic rings. The summed E-state index contributed by atoms with van der Waals surface area (Å²) in [5, 5.41) is 5.05. The Bertz CT molecular complexity index is 1740. The third kappa shape index (κ3) is 4.38. The Kier molecular flexibility index (Phi) is 5.57. The minimum Gasteiger partial charge on any atom is -0.212 e. The van der Waals surface area contributed by atoms with Crippen molar-refractivity contribution >= 4 is 21.5 Å². The average molecular weight is 480 g/mol. The molecule has 0 saturated heterocycles. The lowest BCUT2D eigenvalue weighted by atomic mass is 9.93. The number of nitrogens with zero attached hydrogens (tertiary/aromatic N) is 3. The van der Waals surface area contributed by atoms with Crippen molar-refractivity contribution in [2.75, 3.05) is 0 Å². The van der Waals surface area contributed by atoms with Gasteiger partial charge in [-0.1, -0.05) is 123 Å². The fourth-order valence-electron chi connectivity index (χ4n) is 4.76. The molecular weight excluding hydrogens is 450 g/mol. The number of rotatable bonds is 3. The third-order valence-corrected chi connectivity index (χ3v) is 6.84. The largest absolute Gasteiger partial charge is 0.212 e. The first-order valence-corrected chi connectivity index (χ1v) is 12.7. The van der Waals surface area contributed by atoms with Crippen molar-refractivity contribution in [2.45, 2.75) is 33.1 Å². The van der Waals surface area contributed by atoms with Gasteiger partial charge in [-0.3, -0.25) is 0 Å². The highest BCUT2D eigenvalue weighted by Gasteiger charge is 2.21. The Hall–Kier alpha value is -4.37. The Morgan fingerprint density at radius 1 is 0.514 bits per heavy atom. The molecule has 0 bridgehead atoms. The molecule has 0 fully saturated rings. The van der Waals surface area contributed by atoms with Crippen molar-refractivity contribution in [2.24, 2.45) is 0 Å². The van der Waals surface area contributed by atoms with Crippen LogP contribution in [0.5, 0.6) is 0 Å². The van der Waals surface area contributed by atoms with Crippen LogP contribution in [0.2, 0.25) is 0 Å². The molecule has 0 N–H and O–H groups in total. The zero-order valence-electron chi connectivity index (χ0n) is 21.7. The van der Waals surface area contributed by atoms with Crippen molar-refractivity contribution in [1.82, 2.24) is 15.0 Å². The van der Waals surface area contributed by atoms with E-state index in [4.69, 9.17) is 15.0 Å². The third-order valence-electron chi connectivity index (χ3n) is 6.84. The zero-order chi connectivity index (χ0) is 25.6. The molecule has 0 saturated carbocycles. The number of hydrogen-bond donors (Lipinski definition) is 0. The van der Waals surface area contributed by atoms with E-state index in [0.29, 0.717) is 11.6 Å². The average Bonchev–Trinajstić information content (AvgIpc) is 2.92. The number of benzene rings is 5. The Morgan fingerprint density at radius 2 is 1.03 bits per heavy atom. The molecule has 6 aromatic rings. The van der Waals surface area contributed by atoms with Gasteiger partial charge in [0.1, 0.15) is 5.82 Å². The van der Waals surface area contributed by atoms with Crippen LogP contribution in [-0.2, 0) is 5.41 Å². The van der Waals surface area contributed by atoms with Gasteiger partial charge in [-0.25, -0.2) is 15.0 Å². The Morgan fingerprint density at radius 3 is 1.65 bits per heavy atom. The summed E-state index contributed by atoms with van der Waals surface area (Å²) in [7, 11) is 0. The monoisotopic (exact) mass is 479 g/mol. The van der Waals surface area contributed by atoms with Crippen LogP contribution in [0.25, 0.3) is 55.4 Å². The van der Waals surface area contributed by atoms with Gasteiger partial charge in [-0.2, -0.15) is 0 Å². The van der Waals surface area contributed by atoms with Crippen molar-refractivity contribution in [3.05, 3.63) is 115 Å². The fourth-order valence-corrected chi connectivity index (χ4v) is 4.76. The summed E-state index contributed by atoms with van der Waals surface area (Å²) in [6.45, 7) is 8.50. The lowest BCUT2D eigenvalue weighted by Crippen LogP contribution is -2.18. The molecule has 0 radical (unpaired) electrons. The van der Waals surface area contributed by atoms with Crippen LogP contribution in [-0.4, -0.2) is 15.0 Å². The summed E-state index contributed by atoms with van der Waals surface area (Å²) < 4.78 is 0. The first-order chi connectivity index (χ1) is 17.9. The molecule has 0 aliphatic carbocycles. The van der Waals surface area contributed by atoms with Crippen molar-refractivity contribution in [3.63, 3.8) is 0 Å². The molecule has 0 amide bonds. The lowest BCUT2D eigenvalue weighted by molar-refractivity contribution is 0.543. The minimum absolute atomic E-state index is 0.193. The van der Waals surface area contributed by atoms with Gasteiger partial charge < -0.3 is 0 Å². The van der Waals surface area contributed by atoms with E-state index in [1.807, 2.05) is 0 Å². The molecule has 0 atom stereocenters. The van der Waals surface area contributed by atoms with Crippen LogP contribution in [0.4, 0.5) is 0 Å². The maximum Gasteiger partial charge on any atom is 0.163 e. The van der Waals surface area contributed by atoms with Crippen LogP contribution in [0, 0.1) is 6.92 Å². The van der Waals surface area contributed by atoms with Gasteiger partial charge in [0.25, 0.3) is 0 Å². The van der Waals surface area contributed by atoms with Gasteiger partial charge in [0.15, 0.2) is 11.6 Å². The topological polar surface area (TPSA) is 38.7 Å². The summed E-state index contributed by atoms with van der Waals surface area (Å²) in [6.07, 6.45) is 0. The molecule has 0 spiro atoms. The van der Waals surface area contributed by atoms with E-state index in [9.17, 15) is 0 Å². The molecule has 37 heavy (non-hydrogen) atoms. The molecule has 1 aromatic heterocycles. The SMILES string of the molecule is Cc1ccc(-c2nc(-c3ccc(-c4cc5ccccc5c5ccccc45)cc3)nc(C(C)(C)C)n2)cc1. The highest BCUT2D eigenvalue weighted by molar-refractivity contribution is 6.13. The lowest BCUT2D eigenvalue weighted by Gasteiger charge is -2.18. The second-order valence-corrected chi connectivity index (χ2v) is 10.7. The fraction of sp³-hybridized carbons (Fsp3) is 0.147. The summed E-state index contributed by atoms with van der Waals surface area (Å²) in [6, 6.07) is 36.5. The molecule has 0 aliphatic heterocycles. The molecule has 6 rings (SSSR count). The highest BCUT2D eigenvalue weighted by atomic mass is 15.0. The predicted molar refractivity (Wildman–Crippen MR) is 155 cm³/mol. The summed E-state index contributed by atoms with van der Waals surface area (Å²) in [4.78, 5) is 14.6. The Balaban J connectivity index is 1.46. The van der Waals surface area contributed by atoms with Crippen LogP contribution < -0.4 is 0 Å². The smallest absolute Gasteiger partial charge is 0.163 e. The molecular formula is C34H29N3. The van der Waals surface area contributed by atoms with E-state index in [0.717, 1.165) is 17.0 Å². The number of fused-ring (bicyclic) bond motifs is 3. The molecule has 3 heteroatoms. The number of aromatic nitrogens is 3. The number of hydrogen-bond acceptors (Lipinski definition) is 3. The van der Waals surface area contributed by atoms with Gasteiger partial charge in [-0.15, -0.1) is 0 Å². The van der Waals surface area contributed by atoms with Crippen molar-refractivity contribution < 1.29 is 0 Å². The van der Waals surface area contributed by atoms with E-state index in [1.54, 1.807) is 0 Å². The maximum atomic E-state index is 4.89. The van der Waals surface area contributed by atoms with Gasteiger partial charge in [0.2, 0.25) is 0 Å². The summed E-state index contributed by atoms with van der Waals surface area (Å²) in [5.74, 6) is 2.20. The predicted octanol–water partition coefficient (Wildman–Crippen LogP) is 8.78. The van der Waals surface area contributed by atoms with Gasteiger partial charge in [0, 0.05) is 16.5 Å². The molecule has 0 unspecified atom stereocenters. The normalized spacial score (nSPS) is 11.8. The maximum absolute atomic E-state index is 4.89.